The van der Waals surface area contributed by atoms with Crippen molar-refractivity contribution in [2.24, 2.45) is 5.73 Å². The van der Waals surface area contributed by atoms with Gasteiger partial charge >= 0.3 is 0 Å². The third-order valence-corrected chi connectivity index (χ3v) is 4.64. The van der Waals surface area contributed by atoms with Crippen molar-refractivity contribution in [3.63, 3.8) is 0 Å². The van der Waals surface area contributed by atoms with Gasteiger partial charge in [0.25, 0.3) is 0 Å². The van der Waals surface area contributed by atoms with Crippen molar-refractivity contribution in [3.8, 4) is 17.0 Å². The predicted molar refractivity (Wildman–Crippen MR) is 102 cm³/mol. The molecule has 0 spiro atoms. The lowest BCUT2D eigenvalue weighted by Gasteiger charge is -2.17. The summed E-state index contributed by atoms with van der Waals surface area (Å²) in [6.45, 7) is 0.726. The number of nitrogens with two attached hydrogens (primary N) is 1. The van der Waals surface area contributed by atoms with Gasteiger partial charge in [0.15, 0.2) is 0 Å². The molecule has 25 heavy (non-hydrogen) atoms. The monoisotopic (exact) mass is 376 g/mol. The molecule has 0 saturated heterocycles. The number of rotatable bonds is 5. The van der Waals surface area contributed by atoms with Crippen LogP contribution in [0.4, 0.5) is 0 Å². The standard InChI is InChI=1S/C19H18Cl2N2O2/c1-24-10-16-14-8-12(25-2)4-6-18(14)23-19(15(16)9-22)13-5-3-11(20)7-17(13)21/h3-8H,9-10,22H2,1-2H3. The van der Waals surface area contributed by atoms with Crippen LogP contribution in [-0.2, 0) is 17.9 Å². The average molecular weight is 377 g/mol. The predicted octanol–water partition coefficient (Wildman–Crippen LogP) is 4.82. The van der Waals surface area contributed by atoms with E-state index in [9.17, 15) is 0 Å². The fraction of sp³-hybridized carbons (Fsp3) is 0.211. The van der Waals surface area contributed by atoms with Gasteiger partial charge in [0.2, 0.25) is 0 Å². The molecule has 3 rings (SSSR count). The molecule has 0 radical (unpaired) electrons. The highest BCUT2D eigenvalue weighted by atomic mass is 35.5. The summed E-state index contributed by atoms with van der Waals surface area (Å²) in [5.74, 6) is 0.756. The molecule has 1 heterocycles. The van der Waals surface area contributed by atoms with Crippen LogP contribution in [-0.4, -0.2) is 19.2 Å². The second-order valence-corrected chi connectivity index (χ2v) is 6.41. The number of fused-ring (bicyclic) bond motifs is 1. The van der Waals surface area contributed by atoms with Gasteiger partial charge in [-0.15, -0.1) is 0 Å². The topological polar surface area (TPSA) is 57.4 Å². The summed E-state index contributed by atoms with van der Waals surface area (Å²) in [5, 5.41) is 2.06. The van der Waals surface area contributed by atoms with Crippen LogP contribution in [0.3, 0.4) is 0 Å². The maximum absolute atomic E-state index is 6.40. The van der Waals surface area contributed by atoms with Crippen LogP contribution < -0.4 is 10.5 Å². The van der Waals surface area contributed by atoms with Crippen LogP contribution in [0.15, 0.2) is 36.4 Å². The Bertz CT molecular complexity index is 929. The van der Waals surface area contributed by atoms with Crippen molar-refractivity contribution < 1.29 is 9.47 Å². The fourth-order valence-corrected chi connectivity index (χ4v) is 3.41. The van der Waals surface area contributed by atoms with E-state index >= 15 is 0 Å². The zero-order valence-corrected chi connectivity index (χ0v) is 15.5. The molecule has 0 fully saturated rings. The van der Waals surface area contributed by atoms with Crippen LogP contribution in [0.25, 0.3) is 22.2 Å². The molecule has 0 aliphatic heterocycles. The van der Waals surface area contributed by atoms with Gasteiger partial charge < -0.3 is 15.2 Å². The second-order valence-electron chi connectivity index (χ2n) is 5.56. The Hall–Kier alpha value is -1.85. The minimum absolute atomic E-state index is 0.313. The molecule has 2 N–H and O–H groups in total. The number of benzene rings is 2. The summed E-state index contributed by atoms with van der Waals surface area (Å²) in [6, 6.07) is 11.1. The highest BCUT2D eigenvalue weighted by Gasteiger charge is 2.18. The summed E-state index contributed by atoms with van der Waals surface area (Å²) >= 11 is 12.4. The van der Waals surface area contributed by atoms with E-state index in [1.165, 1.54) is 0 Å². The lowest BCUT2D eigenvalue weighted by atomic mass is 9.97. The molecular weight excluding hydrogens is 359 g/mol. The first kappa shape index (κ1) is 18.0. The van der Waals surface area contributed by atoms with Crippen molar-refractivity contribution >= 4 is 34.1 Å². The highest BCUT2D eigenvalue weighted by molar-refractivity contribution is 6.36. The second kappa shape index (κ2) is 7.58. The number of halogens is 2. The summed E-state index contributed by atoms with van der Waals surface area (Å²) in [7, 11) is 3.29. The molecule has 4 nitrogen and oxygen atoms in total. The highest BCUT2D eigenvalue weighted by Crippen LogP contribution is 2.36. The maximum Gasteiger partial charge on any atom is 0.119 e. The van der Waals surface area contributed by atoms with Crippen LogP contribution in [0.5, 0.6) is 5.75 Å². The summed E-state index contributed by atoms with van der Waals surface area (Å²) in [6.07, 6.45) is 0. The molecule has 0 amide bonds. The van der Waals surface area contributed by atoms with E-state index in [0.29, 0.717) is 23.2 Å². The van der Waals surface area contributed by atoms with E-state index in [0.717, 1.165) is 39.0 Å². The zero-order chi connectivity index (χ0) is 18.0. The van der Waals surface area contributed by atoms with Gasteiger partial charge in [-0.2, -0.15) is 0 Å². The van der Waals surface area contributed by atoms with Gasteiger partial charge in [-0.05, 0) is 47.5 Å². The number of aromatic nitrogens is 1. The molecule has 0 unspecified atom stereocenters. The molecule has 3 aromatic rings. The van der Waals surface area contributed by atoms with E-state index in [1.54, 1.807) is 26.4 Å². The first-order chi connectivity index (χ1) is 12.1. The lowest BCUT2D eigenvalue weighted by Crippen LogP contribution is -2.08. The number of hydrogen-bond acceptors (Lipinski definition) is 4. The molecular formula is C19H18Cl2N2O2. The number of methoxy groups -OCH3 is 2. The molecule has 0 aliphatic rings. The average Bonchev–Trinajstić information content (AvgIpc) is 2.61. The molecule has 130 valence electrons. The maximum atomic E-state index is 6.40. The van der Waals surface area contributed by atoms with E-state index in [2.05, 4.69) is 0 Å². The molecule has 6 heteroatoms. The summed E-state index contributed by atoms with van der Waals surface area (Å²) in [4.78, 5) is 4.81. The SMILES string of the molecule is COCc1c(CN)c(-c2ccc(Cl)cc2Cl)nc2ccc(OC)cc12. The molecule has 0 bridgehead atoms. The Morgan fingerprint density at radius 3 is 2.48 bits per heavy atom. The minimum atomic E-state index is 0.313. The van der Waals surface area contributed by atoms with Crippen LogP contribution in [0, 0.1) is 0 Å². The van der Waals surface area contributed by atoms with E-state index in [1.807, 2.05) is 24.3 Å². The summed E-state index contributed by atoms with van der Waals surface area (Å²) in [5.41, 5.74) is 10.3. The molecule has 0 saturated carbocycles. The van der Waals surface area contributed by atoms with Gasteiger partial charge in [0.1, 0.15) is 5.75 Å². The summed E-state index contributed by atoms with van der Waals surface area (Å²) < 4.78 is 10.8. The van der Waals surface area contributed by atoms with Gasteiger partial charge in [0.05, 0.1) is 29.9 Å². The van der Waals surface area contributed by atoms with Crippen molar-refractivity contribution in [1.29, 1.82) is 0 Å². The first-order valence-electron chi connectivity index (χ1n) is 7.73. The number of ether oxygens (including phenoxy) is 2. The third kappa shape index (κ3) is 3.44. The smallest absolute Gasteiger partial charge is 0.119 e. The normalized spacial score (nSPS) is 11.1. The van der Waals surface area contributed by atoms with E-state index in [-0.39, 0.29) is 0 Å². The van der Waals surface area contributed by atoms with Crippen molar-refractivity contribution in [3.05, 3.63) is 57.6 Å². The molecule has 0 atom stereocenters. The molecule has 2 aromatic carbocycles. The van der Waals surface area contributed by atoms with Crippen LogP contribution >= 0.6 is 23.2 Å². The van der Waals surface area contributed by atoms with Crippen molar-refractivity contribution in [1.82, 2.24) is 4.98 Å². The lowest BCUT2D eigenvalue weighted by molar-refractivity contribution is 0.185. The van der Waals surface area contributed by atoms with Crippen molar-refractivity contribution in [2.45, 2.75) is 13.2 Å². The Morgan fingerprint density at radius 1 is 1.04 bits per heavy atom. The Balaban J connectivity index is 2.35. The largest absolute Gasteiger partial charge is 0.497 e. The Labute approximate surface area is 156 Å². The first-order valence-corrected chi connectivity index (χ1v) is 8.48. The number of hydrogen-bond donors (Lipinski definition) is 1. The number of nitrogens with zero attached hydrogens (tertiary/aromatic N) is 1. The third-order valence-electron chi connectivity index (χ3n) is 4.09. The van der Waals surface area contributed by atoms with Crippen LogP contribution in [0.2, 0.25) is 10.0 Å². The minimum Gasteiger partial charge on any atom is -0.497 e. The van der Waals surface area contributed by atoms with Gasteiger partial charge in [0, 0.05) is 29.6 Å². The van der Waals surface area contributed by atoms with Gasteiger partial charge in [-0.25, -0.2) is 4.98 Å². The van der Waals surface area contributed by atoms with E-state index < -0.39 is 0 Å². The quantitative estimate of drug-likeness (QED) is 0.693. The Kier molecular flexibility index (Phi) is 5.45. The molecule has 0 aliphatic carbocycles. The zero-order valence-electron chi connectivity index (χ0n) is 14.0. The number of pyridine rings is 1. The van der Waals surface area contributed by atoms with Crippen LogP contribution in [0.1, 0.15) is 11.1 Å². The van der Waals surface area contributed by atoms with Gasteiger partial charge in [-0.3, -0.25) is 0 Å². The van der Waals surface area contributed by atoms with Crippen molar-refractivity contribution in [2.75, 3.05) is 14.2 Å². The van der Waals surface area contributed by atoms with E-state index in [4.69, 9.17) is 43.4 Å². The van der Waals surface area contributed by atoms with Gasteiger partial charge in [-0.1, -0.05) is 23.2 Å². The fourth-order valence-electron chi connectivity index (χ4n) is 2.91. The molecule has 1 aromatic heterocycles. The Morgan fingerprint density at radius 2 is 1.84 bits per heavy atom.